The normalized spacial score (nSPS) is 19.3. The summed E-state index contributed by atoms with van der Waals surface area (Å²) in [7, 11) is -3.06. The molecule has 1 aromatic carbocycles. The van der Waals surface area contributed by atoms with Gasteiger partial charge in [-0.2, -0.15) is 0 Å². The van der Waals surface area contributed by atoms with E-state index >= 15 is 0 Å². The van der Waals surface area contributed by atoms with Crippen LogP contribution in [0.5, 0.6) is 0 Å². The molecular weight excluding hydrogens is 349 g/mol. The number of carbonyl (C=O) groups is 2. The van der Waals surface area contributed by atoms with Crippen molar-refractivity contribution in [3.8, 4) is 0 Å². The van der Waals surface area contributed by atoms with E-state index in [4.69, 9.17) is 16.3 Å². The van der Waals surface area contributed by atoms with Crippen molar-refractivity contribution in [1.29, 1.82) is 0 Å². The first-order valence-electron chi connectivity index (χ1n) is 6.86. The zero-order chi connectivity index (χ0) is 17.0. The van der Waals surface area contributed by atoms with E-state index in [1.165, 1.54) is 12.1 Å². The van der Waals surface area contributed by atoms with Gasteiger partial charge in [0.25, 0.3) is 5.91 Å². The van der Waals surface area contributed by atoms with Crippen molar-refractivity contribution in [3.63, 3.8) is 0 Å². The zero-order valence-corrected chi connectivity index (χ0v) is 13.6. The average Bonchev–Trinajstić information content (AvgIpc) is 2.79. The predicted molar refractivity (Wildman–Crippen MR) is 82.4 cm³/mol. The van der Waals surface area contributed by atoms with E-state index in [9.17, 15) is 22.4 Å². The molecule has 126 valence electrons. The van der Waals surface area contributed by atoms with Crippen LogP contribution >= 0.6 is 11.6 Å². The maximum absolute atomic E-state index is 13.5. The van der Waals surface area contributed by atoms with E-state index in [1.807, 2.05) is 0 Å². The first kappa shape index (κ1) is 17.7. The molecule has 0 saturated carbocycles. The molecule has 0 spiro atoms. The van der Waals surface area contributed by atoms with Crippen molar-refractivity contribution in [1.82, 2.24) is 0 Å². The third kappa shape index (κ3) is 5.47. The minimum Gasteiger partial charge on any atom is -0.456 e. The number of halogens is 2. The molecule has 0 aliphatic carbocycles. The van der Waals surface area contributed by atoms with Gasteiger partial charge >= 0.3 is 5.97 Å². The second-order valence-electron chi connectivity index (χ2n) is 5.31. The highest BCUT2D eigenvalue weighted by Crippen LogP contribution is 2.22. The van der Waals surface area contributed by atoms with Gasteiger partial charge in [-0.25, -0.2) is 12.8 Å². The number of benzene rings is 1. The lowest BCUT2D eigenvalue weighted by Crippen LogP contribution is -2.22. The largest absolute Gasteiger partial charge is 0.456 e. The van der Waals surface area contributed by atoms with Crippen molar-refractivity contribution >= 4 is 39.0 Å². The molecule has 1 aromatic rings. The Morgan fingerprint density at radius 2 is 2.13 bits per heavy atom. The number of nitrogens with one attached hydrogen (secondary N) is 1. The van der Waals surface area contributed by atoms with Gasteiger partial charge in [0.05, 0.1) is 17.2 Å². The molecule has 9 heteroatoms. The fraction of sp³-hybridized carbons (Fsp3) is 0.429. The summed E-state index contributed by atoms with van der Waals surface area (Å²) in [5, 5.41) is 2.45. The highest BCUT2D eigenvalue weighted by Gasteiger charge is 2.30. The molecule has 1 aliphatic heterocycles. The van der Waals surface area contributed by atoms with Gasteiger partial charge in [-0.05, 0) is 30.5 Å². The van der Waals surface area contributed by atoms with Crippen LogP contribution in [-0.4, -0.2) is 38.4 Å². The lowest BCUT2D eigenvalue weighted by molar-refractivity contribution is -0.148. The van der Waals surface area contributed by atoms with Crippen molar-refractivity contribution in [2.24, 2.45) is 5.92 Å². The molecule has 2 rings (SSSR count). The number of hydrogen-bond acceptors (Lipinski definition) is 5. The van der Waals surface area contributed by atoms with Crippen molar-refractivity contribution < 1.29 is 27.1 Å². The summed E-state index contributed by atoms with van der Waals surface area (Å²) in [5.74, 6) is -2.29. The van der Waals surface area contributed by atoms with Crippen LogP contribution in [0.2, 0.25) is 5.02 Å². The Kier molecular flexibility index (Phi) is 5.59. The minimum atomic E-state index is -3.06. The lowest BCUT2D eigenvalue weighted by atomic mass is 10.1. The van der Waals surface area contributed by atoms with E-state index < -0.39 is 34.1 Å². The Balaban J connectivity index is 1.77. The number of anilines is 1. The molecular formula is C14H15ClFNO5S. The van der Waals surface area contributed by atoms with Gasteiger partial charge in [-0.1, -0.05) is 11.6 Å². The molecule has 0 radical (unpaired) electrons. The molecule has 0 aromatic heterocycles. The zero-order valence-electron chi connectivity index (χ0n) is 12.1. The average molecular weight is 364 g/mol. The summed E-state index contributed by atoms with van der Waals surface area (Å²) < 4.78 is 40.8. The first-order chi connectivity index (χ1) is 10.7. The number of esters is 1. The van der Waals surface area contributed by atoms with E-state index in [0.717, 1.165) is 6.07 Å². The third-order valence-corrected chi connectivity index (χ3v) is 5.42. The van der Waals surface area contributed by atoms with Crippen LogP contribution in [0.25, 0.3) is 0 Å². The van der Waals surface area contributed by atoms with Gasteiger partial charge in [-0.15, -0.1) is 0 Å². The third-order valence-electron chi connectivity index (χ3n) is 3.35. The van der Waals surface area contributed by atoms with Crippen LogP contribution in [0, 0.1) is 11.7 Å². The summed E-state index contributed by atoms with van der Waals surface area (Å²) in [5.41, 5.74) is -0.0719. The number of amides is 1. The number of ether oxygens (including phenoxy) is 1. The molecule has 0 bridgehead atoms. The SMILES string of the molecule is O=C(COC(=O)C[C@H]1CCS(=O)(=O)C1)Nc1ccc(Cl)cc1F. The van der Waals surface area contributed by atoms with Gasteiger partial charge in [-0.3, -0.25) is 9.59 Å². The number of carbonyl (C=O) groups excluding carboxylic acids is 2. The smallest absolute Gasteiger partial charge is 0.306 e. The second kappa shape index (κ2) is 7.27. The maximum atomic E-state index is 13.5. The van der Waals surface area contributed by atoms with Gasteiger partial charge in [0.2, 0.25) is 0 Å². The molecule has 1 N–H and O–H groups in total. The Morgan fingerprint density at radius 3 is 2.74 bits per heavy atom. The Bertz CT molecular complexity index is 722. The Morgan fingerprint density at radius 1 is 1.39 bits per heavy atom. The molecule has 1 fully saturated rings. The van der Waals surface area contributed by atoms with Gasteiger partial charge in [0, 0.05) is 11.4 Å². The van der Waals surface area contributed by atoms with E-state index in [0.29, 0.717) is 6.42 Å². The molecule has 0 unspecified atom stereocenters. The lowest BCUT2D eigenvalue weighted by Gasteiger charge is -2.09. The highest BCUT2D eigenvalue weighted by atomic mass is 35.5. The fourth-order valence-corrected chi connectivity index (χ4v) is 4.27. The predicted octanol–water partition coefficient (Wildman–Crippen LogP) is 1.79. The van der Waals surface area contributed by atoms with Crippen LogP contribution < -0.4 is 5.32 Å². The summed E-state index contributed by atoms with van der Waals surface area (Å²) in [6, 6.07) is 3.75. The van der Waals surface area contributed by atoms with Crippen molar-refractivity contribution in [3.05, 3.63) is 29.0 Å². The van der Waals surface area contributed by atoms with Crippen LogP contribution in [0.3, 0.4) is 0 Å². The van der Waals surface area contributed by atoms with Gasteiger partial charge in [0.1, 0.15) is 5.82 Å². The first-order valence-corrected chi connectivity index (χ1v) is 9.06. The number of hydrogen-bond donors (Lipinski definition) is 1. The summed E-state index contributed by atoms with van der Waals surface area (Å²) in [4.78, 5) is 23.2. The van der Waals surface area contributed by atoms with Gasteiger partial charge in [0.15, 0.2) is 16.4 Å². The van der Waals surface area contributed by atoms with E-state index in [-0.39, 0.29) is 34.6 Å². The van der Waals surface area contributed by atoms with Crippen LogP contribution in [0.15, 0.2) is 18.2 Å². The van der Waals surface area contributed by atoms with E-state index in [2.05, 4.69) is 5.32 Å². The van der Waals surface area contributed by atoms with Crippen LogP contribution in [0.4, 0.5) is 10.1 Å². The Hall–Kier alpha value is -1.67. The molecule has 6 nitrogen and oxygen atoms in total. The van der Waals surface area contributed by atoms with Crippen LogP contribution in [-0.2, 0) is 24.2 Å². The molecule has 1 saturated heterocycles. The highest BCUT2D eigenvalue weighted by molar-refractivity contribution is 7.91. The molecule has 23 heavy (non-hydrogen) atoms. The quantitative estimate of drug-likeness (QED) is 0.805. The van der Waals surface area contributed by atoms with Gasteiger partial charge < -0.3 is 10.1 Å². The molecule has 1 heterocycles. The van der Waals surface area contributed by atoms with Crippen molar-refractivity contribution in [2.75, 3.05) is 23.4 Å². The summed E-state index contributed by atoms with van der Waals surface area (Å²) in [6.45, 7) is -0.569. The summed E-state index contributed by atoms with van der Waals surface area (Å²) in [6.07, 6.45) is 0.363. The fourth-order valence-electron chi connectivity index (χ4n) is 2.25. The van der Waals surface area contributed by atoms with Crippen molar-refractivity contribution in [2.45, 2.75) is 12.8 Å². The standard InChI is InChI=1S/C14H15ClFNO5S/c15-10-1-2-12(11(16)6-10)17-13(18)7-22-14(19)5-9-3-4-23(20,21)8-9/h1-2,6,9H,3-5,7-8H2,(H,17,18)/t9-/m1/s1. The summed E-state index contributed by atoms with van der Waals surface area (Å²) >= 11 is 5.59. The molecule has 1 aliphatic rings. The second-order valence-corrected chi connectivity index (χ2v) is 7.97. The minimum absolute atomic E-state index is 0.0374. The number of rotatable bonds is 5. The van der Waals surface area contributed by atoms with E-state index in [1.54, 1.807) is 0 Å². The van der Waals surface area contributed by atoms with Crippen LogP contribution in [0.1, 0.15) is 12.8 Å². The molecule has 1 atom stereocenters. The number of sulfone groups is 1. The Labute approximate surface area is 137 Å². The maximum Gasteiger partial charge on any atom is 0.306 e. The molecule has 1 amide bonds. The topological polar surface area (TPSA) is 89.5 Å². The monoisotopic (exact) mass is 363 g/mol.